The van der Waals surface area contributed by atoms with Crippen molar-refractivity contribution in [3.8, 4) is 11.5 Å². The van der Waals surface area contributed by atoms with Crippen LogP contribution in [0.2, 0.25) is 4.34 Å². The van der Waals surface area contributed by atoms with Crippen molar-refractivity contribution in [1.29, 1.82) is 0 Å². The van der Waals surface area contributed by atoms with E-state index in [1.807, 2.05) is 18.2 Å². The number of halogens is 2. The Hall–Kier alpha value is -1.000. The zero-order chi connectivity index (χ0) is 18.9. The van der Waals surface area contributed by atoms with Gasteiger partial charge in [-0.25, -0.2) is 8.42 Å². The van der Waals surface area contributed by atoms with Crippen LogP contribution in [0.1, 0.15) is 0 Å². The average molecular weight is 482 g/mol. The third-order valence-electron chi connectivity index (χ3n) is 4.16. The van der Waals surface area contributed by atoms with Gasteiger partial charge < -0.3 is 14.4 Å². The Morgan fingerprint density at radius 3 is 2.08 bits per heavy atom. The van der Waals surface area contributed by atoms with Crippen LogP contribution in [0, 0.1) is 0 Å². The first-order chi connectivity index (χ1) is 12.3. The molecule has 0 saturated carbocycles. The molecule has 26 heavy (non-hydrogen) atoms. The van der Waals surface area contributed by atoms with E-state index >= 15 is 0 Å². The quantitative estimate of drug-likeness (QED) is 0.652. The number of thiophene rings is 1. The minimum Gasteiger partial charge on any atom is -0.497 e. The molecule has 0 N–H and O–H groups in total. The molecule has 0 spiro atoms. The molecule has 1 aromatic heterocycles. The number of methoxy groups -OCH3 is 2. The van der Waals surface area contributed by atoms with Gasteiger partial charge in [0.05, 0.1) is 14.2 Å². The summed E-state index contributed by atoms with van der Waals surface area (Å²) in [7, 11) is -0.325. The molecule has 0 aliphatic carbocycles. The third kappa shape index (κ3) is 3.96. The van der Waals surface area contributed by atoms with Crippen molar-refractivity contribution < 1.29 is 17.9 Å². The minimum absolute atomic E-state index is 0.255. The van der Waals surface area contributed by atoms with Gasteiger partial charge >= 0.3 is 0 Å². The van der Waals surface area contributed by atoms with E-state index in [0.29, 0.717) is 46.5 Å². The van der Waals surface area contributed by atoms with Crippen LogP contribution >= 0.6 is 38.9 Å². The summed E-state index contributed by atoms with van der Waals surface area (Å²) in [5.41, 5.74) is 0.945. The van der Waals surface area contributed by atoms with Gasteiger partial charge in [0, 0.05) is 54.5 Å². The molecule has 10 heteroatoms. The maximum Gasteiger partial charge on any atom is 0.252 e. The summed E-state index contributed by atoms with van der Waals surface area (Å²) in [6.45, 7) is 1.95. The second-order valence-electron chi connectivity index (χ2n) is 5.65. The van der Waals surface area contributed by atoms with E-state index in [0.717, 1.165) is 17.0 Å². The largest absolute Gasteiger partial charge is 0.497 e. The van der Waals surface area contributed by atoms with Gasteiger partial charge in [-0.3, -0.25) is 0 Å². The molecule has 0 bridgehead atoms. The maximum atomic E-state index is 12.8. The van der Waals surface area contributed by atoms with Gasteiger partial charge in [0.2, 0.25) is 0 Å². The standard InChI is InChI=1S/C16H18BrClN2O4S2/c1-23-12-7-11(8-13(9-12)24-2)19-3-5-20(6-4-19)26(21,22)15-10-14(17)16(18)25-15/h7-10H,3-6H2,1-2H3. The summed E-state index contributed by atoms with van der Waals surface area (Å²) in [5.74, 6) is 1.40. The molecule has 1 saturated heterocycles. The van der Waals surface area contributed by atoms with Crippen LogP contribution in [0.4, 0.5) is 5.69 Å². The third-order valence-corrected chi connectivity index (χ3v) is 8.98. The predicted molar refractivity (Wildman–Crippen MR) is 108 cm³/mol. The van der Waals surface area contributed by atoms with Crippen LogP contribution in [0.3, 0.4) is 0 Å². The van der Waals surface area contributed by atoms with E-state index in [1.54, 1.807) is 20.3 Å². The van der Waals surface area contributed by atoms with E-state index < -0.39 is 10.0 Å². The lowest BCUT2D eigenvalue weighted by Crippen LogP contribution is -2.48. The highest BCUT2D eigenvalue weighted by atomic mass is 79.9. The monoisotopic (exact) mass is 480 g/mol. The highest BCUT2D eigenvalue weighted by Gasteiger charge is 2.30. The molecule has 1 aliphatic rings. The van der Waals surface area contributed by atoms with Gasteiger partial charge in [-0.15, -0.1) is 11.3 Å². The fourth-order valence-electron chi connectivity index (χ4n) is 2.74. The van der Waals surface area contributed by atoms with Gasteiger partial charge in [0.15, 0.2) is 0 Å². The number of ether oxygens (including phenoxy) is 2. The SMILES string of the molecule is COc1cc(OC)cc(N2CCN(S(=O)(=O)c3cc(Br)c(Cl)s3)CC2)c1. The van der Waals surface area contributed by atoms with Crippen molar-refractivity contribution in [3.63, 3.8) is 0 Å². The molecule has 2 aromatic rings. The number of rotatable bonds is 5. The van der Waals surface area contributed by atoms with Crippen LogP contribution in [0.15, 0.2) is 32.9 Å². The normalized spacial score (nSPS) is 15.9. The fraction of sp³-hybridized carbons (Fsp3) is 0.375. The molecule has 1 aliphatic heterocycles. The Balaban J connectivity index is 1.75. The lowest BCUT2D eigenvalue weighted by Gasteiger charge is -2.35. The highest BCUT2D eigenvalue weighted by Crippen LogP contribution is 2.36. The summed E-state index contributed by atoms with van der Waals surface area (Å²) < 4.78 is 39.0. The Bertz CT molecular complexity index is 854. The van der Waals surface area contributed by atoms with Crippen LogP contribution in [-0.2, 0) is 10.0 Å². The van der Waals surface area contributed by atoms with Crippen molar-refractivity contribution in [2.75, 3.05) is 45.3 Å². The first-order valence-corrected chi connectivity index (χ1v) is 11.2. The van der Waals surface area contributed by atoms with Crippen molar-refractivity contribution >= 4 is 54.6 Å². The van der Waals surface area contributed by atoms with Gasteiger partial charge in [-0.1, -0.05) is 11.6 Å². The zero-order valence-electron chi connectivity index (χ0n) is 14.2. The number of hydrogen-bond donors (Lipinski definition) is 0. The molecule has 0 radical (unpaired) electrons. The van der Waals surface area contributed by atoms with Crippen molar-refractivity contribution in [2.24, 2.45) is 0 Å². The summed E-state index contributed by atoms with van der Waals surface area (Å²) >= 11 is 10.3. The van der Waals surface area contributed by atoms with Crippen molar-refractivity contribution in [1.82, 2.24) is 4.31 Å². The minimum atomic E-state index is -3.53. The van der Waals surface area contributed by atoms with E-state index in [1.165, 1.54) is 4.31 Å². The maximum absolute atomic E-state index is 12.8. The molecule has 3 rings (SSSR count). The van der Waals surface area contributed by atoms with E-state index in [4.69, 9.17) is 21.1 Å². The fourth-order valence-corrected chi connectivity index (χ4v) is 6.62. The lowest BCUT2D eigenvalue weighted by atomic mass is 10.2. The first kappa shape index (κ1) is 19.8. The van der Waals surface area contributed by atoms with Crippen LogP contribution < -0.4 is 14.4 Å². The lowest BCUT2D eigenvalue weighted by molar-refractivity contribution is 0.381. The molecule has 142 valence electrons. The number of benzene rings is 1. The average Bonchev–Trinajstić information content (AvgIpc) is 3.01. The van der Waals surface area contributed by atoms with Crippen LogP contribution in [-0.4, -0.2) is 53.1 Å². The molecule has 6 nitrogen and oxygen atoms in total. The Labute approximate surface area is 170 Å². The first-order valence-electron chi connectivity index (χ1n) is 7.78. The van der Waals surface area contributed by atoms with Crippen molar-refractivity contribution in [2.45, 2.75) is 4.21 Å². The number of nitrogens with zero attached hydrogens (tertiary/aromatic N) is 2. The summed E-state index contributed by atoms with van der Waals surface area (Å²) in [5, 5.41) is 0. The Kier molecular flexibility index (Phi) is 6.03. The molecule has 0 unspecified atom stereocenters. The summed E-state index contributed by atoms with van der Waals surface area (Å²) in [6.07, 6.45) is 0. The second-order valence-corrected chi connectivity index (χ2v) is 10.3. The second kappa shape index (κ2) is 7.93. The van der Waals surface area contributed by atoms with E-state index in [-0.39, 0.29) is 4.21 Å². The van der Waals surface area contributed by atoms with Crippen molar-refractivity contribution in [3.05, 3.63) is 33.1 Å². The number of piperazine rings is 1. The molecule has 0 atom stereocenters. The van der Waals surface area contributed by atoms with E-state index in [2.05, 4.69) is 20.8 Å². The molecule has 1 aromatic carbocycles. The Morgan fingerprint density at radius 1 is 1.04 bits per heavy atom. The summed E-state index contributed by atoms with van der Waals surface area (Å²) in [6, 6.07) is 7.20. The molecular weight excluding hydrogens is 464 g/mol. The molecule has 0 amide bonds. The number of sulfonamides is 1. The number of hydrogen-bond acceptors (Lipinski definition) is 6. The van der Waals surface area contributed by atoms with Gasteiger partial charge in [-0.2, -0.15) is 4.31 Å². The van der Waals surface area contributed by atoms with Crippen LogP contribution in [0.25, 0.3) is 0 Å². The predicted octanol–water partition coefficient (Wildman–Crippen LogP) is 3.69. The molecular formula is C16H18BrClN2O4S2. The topological polar surface area (TPSA) is 59.1 Å². The Morgan fingerprint density at radius 2 is 1.62 bits per heavy atom. The summed E-state index contributed by atoms with van der Waals surface area (Å²) in [4.78, 5) is 2.12. The van der Waals surface area contributed by atoms with Gasteiger partial charge in [0.1, 0.15) is 20.0 Å². The van der Waals surface area contributed by atoms with E-state index in [9.17, 15) is 8.42 Å². The van der Waals surface area contributed by atoms with Gasteiger partial charge in [-0.05, 0) is 22.0 Å². The zero-order valence-corrected chi connectivity index (χ0v) is 18.2. The molecule has 1 fully saturated rings. The number of anilines is 1. The smallest absolute Gasteiger partial charge is 0.252 e. The van der Waals surface area contributed by atoms with Crippen LogP contribution in [0.5, 0.6) is 11.5 Å². The highest BCUT2D eigenvalue weighted by molar-refractivity contribution is 9.10. The molecule has 2 heterocycles. The van der Waals surface area contributed by atoms with Gasteiger partial charge in [0.25, 0.3) is 10.0 Å².